The smallest absolute Gasteiger partial charge is 0.266 e. The second-order valence-electron chi connectivity index (χ2n) is 13.0. The van der Waals surface area contributed by atoms with E-state index in [-0.39, 0.29) is 28.2 Å². The Balaban J connectivity index is 1.24. The van der Waals surface area contributed by atoms with Gasteiger partial charge in [-0.15, -0.1) is 11.6 Å². The van der Waals surface area contributed by atoms with Crippen molar-refractivity contribution in [3.8, 4) is 0 Å². The van der Waals surface area contributed by atoms with E-state index >= 15 is 0 Å². The molecule has 40 heavy (non-hydrogen) atoms. The number of likely N-dealkylation sites (tertiary alicyclic amines) is 1. The number of aromatic nitrogens is 4. The molecule has 0 bridgehead atoms. The van der Waals surface area contributed by atoms with Crippen LogP contribution in [0, 0.1) is 24.2 Å². The summed E-state index contributed by atoms with van der Waals surface area (Å²) in [5.74, 6) is 1.97. The first-order chi connectivity index (χ1) is 19.2. The summed E-state index contributed by atoms with van der Waals surface area (Å²) in [5.41, 5.74) is 11.5. The number of fused-ring (bicyclic) bond motifs is 2. The van der Waals surface area contributed by atoms with Gasteiger partial charge in [-0.05, 0) is 44.1 Å². The van der Waals surface area contributed by atoms with Crippen molar-refractivity contribution in [1.29, 1.82) is 0 Å². The summed E-state index contributed by atoms with van der Waals surface area (Å²) in [4.78, 5) is 28.7. The Morgan fingerprint density at radius 2 is 2.05 bits per heavy atom. The molecule has 2 N–H and O–H groups in total. The molecule has 10 nitrogen and oxygen atoms in total. The van der Waals surface area contributed by atoms with Crippen LogP contribution in [0.2, 0.25) is 0 Å². The van der Waals surface area contributed by atoms with Gasteiger partial charge >= 0.3 is 0 Å². The van der Waals surface area contributed by atoms with Crippen molar-refractivity contribution in [3.05, 3.63) is 51.6 Å². The van der Waals surface area contributed by atoms with Gasteiger partial charge < -0.3 is 9.80 Å². The molecular formula is C29H39ClN8O2. The van der Waals surface area contributed by atoms with Gasteiger partial charge in [-0.1, -0.05) is 13.5 Å². The molecule has 5 unspecified atom stereocenters. The quantitative estimate of drug-likeness (QED) is 0.431. The first-order valence-corrected chi connectivity index (χ1v) is 15.1. The molecule has 4 fully saturated rings. The average Bonchev–Trinajstić information content (AvgIpc) is 3.48. The highest BCUT2D eigenvalue weighted by atomic mass is 35.5. The SMILES string of the molecule is C=CC(=O)N1CC2(CC(n3nc(N4CCc5nn(C)c(=O)cc5C4)c(C4C(Cl)C(C)CC5NNCC54)c3C)C2)C1. The minimum absolute atomic E-state index is 0.0157. The molecular weight excluding hydrogens is 528 g/mol. The van der Waals surface area contributed by atoms with E-state index in [2.05, 4.69) is 46.0 Å². The number of rotatable bonds is 4. The second-order valence-corrected chi connectivity index (χ2v) is 13.5. The number of hydrazine groups is 1. The number of amides is 1. The van der Waals surface area contributed by atoms with Crippen LogP contribution < -0.4 is 21.3 Å². The Labute approximate surface area is 239 Å². The van der Waals surface area contributed by atoms with Crippen LogP contribution in [0.3, 0.4) is 0 Å². The maximum absolute atomic E-state index is 12.4. The van der Waals surface area contributed by atoms with Gasteiger partial charge in [0.1, 0.15) is 0 Å². The number of carbonyl (C=O) groups excluding carboxylic acids is 1. The molecule has 5 heterocycles. The van der Waals surface area contributed by atoms with Crippen LogP contribution >= 0.6 is 11.6 Å². The molecule has 2 saturated heterocycles. The van der Waals surface area contributed by atoms with E-state index in [0.29, 0.717) is 30.5 Å². The molecule has 3 aliphatic heterocycles. The third-order valence-electron chi connectivity index (χ3n) is 10.4. The first-order valence-electron chi connectivity index (χ1n) is 14.6. The fourth-order valence-electron chi connectivity index (χ4n) is 8.25. The van der Waals surface area contributed by atoms with Crippen LogP contribution in [0.4, 0.5) is 5.82 Å². The molecule has 1 amide bonds. The summed E-state index contributed by atoms with van der Waals surface area (Å²) < 4.78 is 3.69. The van der Waals surface area contributed by atoms with Crippen LogP contribution in [-0.2, 0) is 24.8 Å². The topological polar surface area (TPSA) is 100 Å². The highest BCUT2D eigenvalue weighted by Gasteiger charge is 2.55. The van der Waals surface area contributed by atoms with Gasteiger partial charge in [0.15, 0.2) is 5.82 Å². The lowest BCUT2D eigenvalue weighted by molar-refractivity contribution is -0.149. The molecule has 2 saturated carbocycles. The van der Waals surface area contributed by atoms with Gasteiger partial charge in [0.25, 0.3) is 5.56 Å². The summed E-state index contributed by atoms with van der Waals surface area (Å²) in [6.07, 6.45) is 5.30. The van der Waals surface area contributed by atoms with Gasteiger partial charge in [-0.25, -0.2) is 4.68 Å². The van der Waals surface area contributed by atoms with Crippen LogP contribution in [0.1, 0.15) is 60.7 Å². The fourth-order valence-corrected chi connectivity index (χ4v) is 8.67. The Kier molecular flexibility index (Phi) is 6.18. The summed E-state index contributed by atoms with van der Waals surface area (Å²) >= 11 is 7.30. The number of hydrogen-bond donors (Lipinski definition) is 2. The van der Waals surface area contributed by atoms with Crippen molar-refractivity contribution >= 4 is 23.3 Å². The Morgan fingerprint density at radius 1 is 1.27 bits per heavy atom. The van der Waals surface area contributed by atoms with Crippen molar-refractivity contribution < 1.29 is 4.79 Å². The molecule has 2 aliphatic carbocycles. The Morgan fingerprint density at radius 3 is 2.80 bits per heavy atom. The van der Waals surface area contributed by atoms with Gasteiger partial charge in [0.05, 0.1) is 11.7 Å². The molecule has 0 radical (unpaired) electrons. The minimum atomic E-state index is -0.0837. The number of alkyl halides is 1. The minimum Gasteiger partial charge on any atom is -0.350 e. The molecule has 214 valence electrons. The van der Waals surface area contributed by atoms with E-state index in [1.807, 2.05) is 4.90 Å². The predicted molar refractivity (Wildman–Crippen MR) is 153 cm³/mol. The molecule has 11 heteroatoms. The van der Waals surface area contributed by atoms with E-state index in [4.69, 9.17) is 16.7 Å². The molecule has 5 atom stereocenters. The number of nitrogens with zero attached hydrogens (tertiary/aromatic N) is 6. The monoisotopic (exact) mass is 566 g/mol. The predicted octanol–water partition coefficient (Wildman–Crippen LogP) is 2.02. The Hall–Kier alpha value is -2.69. The first kappa shape index (κ1) is 26.2. The van der Waals surface area contributed by atoms with Crippen molar-refractivity contribution in [2.75, 3.05) is 31.1 Å². The standard InChI is InChI=1S/C29H39ClN8O2/c1-5-23(39)37-14-29(15-37)10-19(11-29)38-17(3)25(26-20-12-31-32-22(20)8-16(2)27(26)30)28(34-38)36-7-6-21-18(13-36)9-24(40)35(4)33-21/h5,9,16,19-20,22,26-27,31-32H,1,6-8,10-15H2,2-4H3. The molecule has 5 aliphatic rings. The van der Waals surface area contributed by atoms with Gasteiger partial charge in [-0.2, -0.15) is 10.2 Å². The highest BCUT2D eigenvalue weighted by Crippen LogP contribution is 2.56. The summed E-state index contributed by atoms with van der Waals surface area (Å²) in [5, 5.41) is 9.90. The van der Waals surface area contributed by atoms with E-state index < -0.39 is 0 Å². The van der Waals surface area contributed by atoms with Crippen molar-refractivity contribution in [2.24, 2.45) is 24.3 Å². The lowest BCUT2D eigenvalue weighted by atomic mass is 9.60. The van der Waals surface area contributed by atoms with E-state index in [1.54, 1.807) is 13.1 Å². The van der Waals surface area contributed by atoms with Crippen LogP contribution in [0.15, 0.2) is 23.5 Å². The molecule has 7 rings (SSSR count). The molecule has 1 spiro atoms. The highest BCUT2D eigenvalue weighted by molar-refractivity contribution is 6.21. The van der Waals surface area contributed by atoms with Gasteiger partial charge in [0.2, 0.25) is 5.91 Å². The third kappa shape index (κ3) is 3.97. The van der Waals surface area contributed by atoms with E-state index in [0.717, 1.165) is 68.9 Å². The van der Waals surface area contributed by atoms with Crippen LogP contribution in [-0.4, -0.2) is 68.0 Å². The van der Waals surface area contributed by atoms with Crippen LogP contribution in [0.25, 0.3) is 0 Å². The number of aryl methyl sites for hydroxylation is 1. The van der Waals surface area contributed by atoms with Crippen molar-refractivity contribution in [3.63, 3.8) is 0 Å². The zero-order valence-corrected chi connectivity index (χ0v) is 24.3. The summed E-state index contributed by atoms with van der Waals surface area (Å²) in [6, 6.07) is 2.43. The maximum atomic E-state index is 12.4. The largest absolute Gasteiger partial charge is 0.350 e. The summed E-state index contributed by atoms with van der Waals surface area (Å²) in [7, 11) is 1.71. The van der Waals surface area contributed by atoms with Crippen LogP contribution in [0.5, 0.6) is 0 Å². The number of anilines is 1. The molecule has 0 aromatic carbocycles. The van der Waals surface area contributed by atoms with Crippen molar-refractivity contribution in [2.45, 2.75) is 69.5 Å². The lowest BCUT2D eigenvalue weighted by Crippen LogP contribution is -2.63. The number of halogens is 1. The van der Waals surface area contributed by atoms with Gasteiger partial charge in [0, 0.05) is 91.8 Å². The second kappa shape index (κ2) is 9.42. The normalized spacial score (nSPS) is 30.9. The molecule has 2 aromatic heterocycles. The lowest BCUT2D eigenvalue weighted by Gasteiger charge is -2.58. The third-order valence-corrected chi connectivity index (χ3v) is 11.1. The zero-order chi connectivity index (χ0) is 27.9. The maximum Gasteiger partial charge on any atom is 0.266 e. The number of hydrogen-bond acceptors (Lipinski definition) is 7. The average molecular weight is 567 g/mol. The fraction of sp³-hybridized carbons (Fsp3) is 0.655. The van der Waals surface area contributed by atoms with Crippen molar-refractivity contribution in [1.82, 2.24) is 35.3 Å². The van der Waals surface area contributed by atoms with E-state index in [1.165, 1.54) is 22.0 Å². The number of nitrogens with one attached hydrogen (secondary N) is 2. The van der Waals surface area contributed by atoms with Gasteiger partial charge in [-0.3, -0.25) is 25.1 Å². The number of carbonyl (C=O) groups is 1. The Bertz CT molecular complexity index is 1420. The summed E-state index contributed by atoms with van der Waals surface area (Å²) in [6.45, 7) is 12.0. The molecule has 2 aromatic rings. The zero-order valence-electron chi connectivity index (χ0n) is 23.6. The van der Waals surface area contributed by atoms with E-state index in [9.17, 15) is 9.59 Å².